The number of carbonyl (C=O) groups is 3. The molecule has 2 rings (SSSR count). The van der Waals surface area contributed by atoms with Crippen molar-refractivity contribution in [2.75, 3.05) is 13.2 Å². The highest BCUT2D eigenvalue weighted by Crippen LogP contribution is 2.40. The maximum atomic E-state index is 12.8. The third-order valence-electron chi connectivity index (χ3n) is 4.19. The Kier molecular flexibility index (Phi) is 6.43. The Balaban J connectivity index is 2.50. The van der Waals surface area contributed by atoms with E-state index in [0.29, 0.717) is 12.2 Å². The average Bonchev–Trinajstić information content (AvgIpc) is 2.93. The number of aliphatic hydroxyl groups is 1. The molecule has 10 nitrogen and oxygen atoms in total. The van der Waals surface area contributed by atoms with Crippen molar-refractivity contribution in [3.8, 4) is 0 Å². The molecule has 1 atom stereocenters. The quantitative estimate of drug-likeness (QED) is 0.727. The van der Waals surface area contributed by atoms with Crippen LogP contribution in [0.2, 0.25) is 0 Å². The van der Waals surface area contributed by atoms with E-state index in [1.165, 1.54) is 11.1 Å². The molecule has 3 amide bonds. The second-order valence-corrected chi connectivity index (χ2v) is 7.99. The number of amides is 3. The number of hydrogen-bond acceptors (Lipinski definition) is 7. The highest BCUT2D eigenvalue weighted by Gasteiger charge is 2.49. The topological polar surface area (TPSA) is 109 Å². The molecular formula is C18H29N3O7. The fourth-order valence-corrected chi connectivity index (χ4v) is 2.91. The molecule has 28 heavy (non-hydrogen) atoms. The molecule has 0 spiro atoms. The number of nitrogens with zero attached hydrogens (tertiary/aromatic N) is 3. The molecule has 0 aromatic rings. The molecule has 10 heteroatoms. The minimum atomic E-state index is -1.35. The van der Waals surface area contributed by atoms with Crippen LogP contribution in [0.4, 0.5) is 14.4 Å². The molecule has 2 heterocycles. The van der Waals surface area contributed by atoms with E-state index in [9.17, 15) is 19.5 Å². The summed E-state index contributed by atoms with van der Waals surface area (Å²) in [4.78, 5) is 38.7. The first-order valence-electron chi connectivity index (χ1n) is 9.26. The molecule has 0 saturated carbocycles. The van der Waals surface area contributed by atoms with Gasteiger partial charge in [-0.2, -0.15) is 10.0 Å². The lowest BCUT2D eigenvalue weighted by molar-refractivity contribution is -0.170. The molecule has 2 aliphatic rings. The summed E-state index contributed by atoms with van der Waals surface area (Å²) in [6.07, 6.45) is -2.92. The number of ether oxygens (including phenoxy) is 3. The predicted molar refractivity (Wildman–Crippen MR) is 97.5 cm³/mol. The van der Waals surface area contributed by atoms with Crippen molar-refractivity contribution in [3.05, 3.63) is 11.9 Å². The number of carbonyl (C=O) groups excluding carboxylic acids is 3. The molecule has 2 saturated heterocycles. The van der Waals surface area contributed by atoms with Crippen LogP contribution < -0.4 is 0 Å². The predicted octanol–water partition coefficient (Wildman–Crippen LogP) is 2.64. The van der Waals surface area contributed by atoms with Gasteiger partial charge in [-0.05, 0) is 27.7 Å². The molecule has 158 valence electrons. The van der Waals surface area contributed by atoms with Crippen molar-refractivity contribution in [1.29, 1.82) is 0 Å². The molecule has 2 aliphatic heterocycles. The number of allylic oxidation sites excluding steroid dienone is 1. The molecule has 0 aromatic carbocycles. The maximum Gasteiger partial charge on any atom is 0.433 e. The van der Waals surface area contributed by atoms with Crippen molar-refractivity contribution in [1.82, 2.24) is 14.9 Å². The molecule has 0 aliphatic carbocycles. The van der Waals surface area contributed by atoms with E-state index in [1.54, 1.807) is 41.5 Å². The number of rotatable bonds is 3. The normalized spacial score (nSPS) is 23.5. The molecule has 0 aromatic heterocycles. The van der Waals surface area contributed by atoms with E-state index in [2.05, 4.69) is 0 Å². The van der Waals surface area contributed by atoms with Gasteiger partial charge in [0.1, 0.15) is 6.61 Å². The molecule has 2 fully saturated rings. The molecule has 0 bridgehead atoms. The van der Waals surface area contributed by atoms with Crippen LogP contribution in [-0.2, 0) is 14.2 Å². The molecule has 1 N–H and O–H groups in total. The zero-order chi connectivity index (χ0) is 21.2. The lowest BCUT2D eigenvalue weighted by Crippen LogP contribution is -2.63. The van der Waals surface area contributed by atoms with Gasteiger partial charge in [-0.25, -0.2) is 14.4 Å². The van der Waals surface area contributed by atoms with Crippen molar-refractivity contribution in [2.45, 2.75) is 66.4 Å². The van der Waals surface area contributed by atoms with E-state index in [1.807, 2.05) is 0 Å². The van der Waals surface area contributed by atoms with Crippen LogP contribution >= 0.6 is 0 Å². The van der Waals surface area contributed by atoms with Crippen LogP contribution in [0.1, 0.15) is 48.0 Å². The van der Waals surface area contributed by atoms with Gasteiger partial charge in [0.15, 0.2) is 6.23 Å². The lowest BCUT2D eigenvalue weighted by Gasteiger charge is -2.49. The lowest BCUT2D eigenvalue weighted by atomic mass is 9.83. The highest BCUT2D eigenvalue weighted by atomic mass is 16.6. The summed E-state index contributed by atoms with van der Waals surface area (Å²) in [5, 5.41) is 12.6. The molecule has 1 unspecified atom stereocenters. The van der Waals surface area contributed by atoms with Crippen molar-refractivity contribution in [2.24, 2.45) is 5.41 Å². The second-order valence-electron chi connectivity index (χ2n) is 7.99. The summed E-state index contributed by atoms with van der Waals surface area (Å²) in [5.74, 6) is 0. The van der Waals surface area contributed by atoms with E-state index in [0.717, 1.165) is 10.0 Å². The first kappa shape index (κ1) is 21.8. The van der Waals surface area contributed by atoms with Gasteiger partial charge in [-0.15, -0.1) is 0 Å². The van der Waals surface area contributed by atoms with Gasteiger partial charge in [-0.1, -0.05) is 13.8 Å². The summed E-state index contributed by atoms with van der Waals surface area (Å²) < 4.78 is 15.4. The van der Waals surface area contributed by atoms with E-state index >= 15 is 0 Å². The number of hydrogen-bond donors (Lipinski definition) is 1. The van der Waals surface area contributed by atoms with Crippen molar-refractivity contribution < 1.29 is 33.7 Å². The summed E-state index contributed by atoms with van der Waals surface area (Å²) in [6.45, 7) is 10.7. The first-order chi connectivity index (χ1) is 12.9. The van der Waals surface area contributed by atoms with Gasteiger partial charge in [0.2, 0.25) is 0 Å². The van der Waals surface area contributed by atoms with Crippen molar-refractivity contribution in [3.63, 3.8) is 0 Å². The number of aliphatic hydroxyl groups excluding tert-OH is 1. The van der Waals surface area contributed by atoms with Gasteiger partial charge in [0, 0.05) is 18.0 Å². The summed E-state index contributed by atoms with van der Waals surface area (Å²) in [6, 6.07) is 0. The Bertz CT molecular complexity index is 660. The SMILES string of the molecule is CC(C)OC(=O)N1/C(=C/N2CCOC2=O)CC(C)(C)C(O)N1C(=O)OC(C)C. The summed E-state index contributed by atoms with van der Waals surface area (Å²) in [7, 11) is 0. The number of cyclic esters (lactones) is 1. The largest absolute Gasteiger partial charge is 0.447 e. The van der Waals surface area contributed by atoms with Crippen LogP contribution in [0.15, 0.2) is 11.9 Å². The third-order valence-corrected chi connectivity index (χ3v) is 4.19. The van der Waals surface area contributed by atoms with Crippen molar-refractivity contribution >= 4 is 18.3 Å². The monoisotopic (exact) mass is 399 g/mol. The van der Waals surface area contributed by atoms with E-state index in [4.69, 9.17) is 14.2 Å². The molecular weight excluding hydrogens is 370 g/mol. The van der Waals surface area contributed by atoms with Crippen LogP contribution in [0.5, 0.6) is 0 Å². The van der Waals surface area contributed by atoms with E-state index < -0.39 is 42.1 Å². The van der Waals surface area contributed by atoms with Gasteiger partial charge in [-0.3, -0.25) is 4.90 Å². The smallest absolute Gasteiger partial charge is 0.433 e. The average molecular weight is 399 g/mol. The van der Waals surface area contributed by atoms with Gasteiger partial charge in [0.05, 0.1) is 24.4 Å². The Morgan fingerprint density at radius 2 is 1.75 bits per heavy atom. The van der Waals surface area contributed by atoms with Gasteiger partial charge >= 0.3 is 18.3 Å². The Labute approximate surface area is 164 Å². The Hall–Kier alpha value is -2.49. The fraction of sp³-hybridized carbons (Fsp3) is 0.722. The second kappa shape index (κ2) is 8.26. The minimum Gasteiger partial charge on any atom is -0.447 e. The van der Waals surface area contributed by atoms with Crippen LogP contribution in [0, 0.1) is 5.41 Å². The van der Waals surface area contributed by atoms with Gasteiger partial charge in [0.25, 0.3) is 0 Å². The zero-order valence-electron chi connectivity index (χ0n) is 17.2. The van der Waals surface area contributed by atoms with Crippen LogP contribution in [0.3, 0.4) is 0 Å². The standard InChI is InChI=1S/C18H29N3O7/c1-11(2)27-16(24)20-13(10-19-7-8-26-15(19)23)9-18(5,6)14(22)21(20)17(25)28-12(3)4/h10-12,14,22H,7-9H2,1-6H3/b13-10+. The Morgan fingerprint density at radius 3 is 2.25 bits per heavy atom. The Morgan fingerprint density at radius 1 is 1.18 bits per heavy atom. The van der Waals surface area contributed by atoms with Crippen LogP contribution in [0.25, 0.3) is 0 Å². The summed E-state index contributed by atoms with van der Waals surface area (Å²) >= 11 is 0. The number of hydrazine groups is 1. The fourth-order valence-electron chi connectivity index (χ4n) is 2.91. The zero-order valence-corrected chi connectivity index (χ0v) is 17.2. The maximum absolute atomic E-state index is 12.8. The van der Waals surface area contributed by atoms with Gasteiger partial charge < -0.3 is 19.3 Å². The minimum absolute atomic E-state index is 0.205. The molecule has 0 radical (unpaired) electrons. The summed E-state index contributed by atoms with van der Waals surface area (Å²) in [5.41, 5.74) is -0.513. The third kappa shape index (κ3) is 4.67. The van der Waals surface area contributed by atoms with E-state index in [-0.39, 0.29) is 13.0 Å². The highest BCUT2D eigenvalue weighted by molar-refractivity contribution is 5.77. The van der Waals surface area contributed by atoms with Crippen LogP contribution in [-0.4, -0.2) is 69.9 Å². The first-order valence-corrected chi connectivity index (χ1v) is 9.26.